The Balaban J connectivity index is 2.67. The van der Waals surface area contributed by atoms with Gasteiger partial charge in [0, 0.05) is 25.7 Å². The minimum absolute atomic E-state index is 0.146. The number of likely N-dealkylation sites (N-methyl/N-ethyl adjacent to an activating group) is 2. The van der Waals surface area contributed by atoms with Crippen LogP contribution in [0.1, 0.15) is 10.4 Å². The number of benzene rings is 1. The van der Waals surface area contributed by atoms with E-state index in [9.17, 15) is 9.59 Å². The average molecular weight is 294 g/mol. The first-order chi connectivity index (χ1) is 9.93. The predicted molar refractivity (Wildman–Crippen MR) is 81.3 cm³/mol. The molecule has 0 saturated carbocycles. The van der Waals surface area contributed by atoms with Crippen molar-refractivity contribution < 1.29 is 14.3 Å². The Hall–Kier alpha value is -2.28. The van der Waals surface area contributed by atoms with Crippen LogP contribution in [0.15, 0.2) is 18.2 Å². The van der Waals surface area contributed by atoms with Gasteiger partial charge in [0.2, 0.25) is 0 Å². The molecule has 0 bridgehead atoms. The largest absolute Gasteiger partial charge is 0.482 e. The molecule has 0 unspecified atom stereocenters. The zero-order valence-corrected chi connectivity index (χ0v) is 12.6. The fraction of sp³-hybridized carbons (Fsp3) is 0.429. The van der Waals surface area contributed by atoms with Crippen LogP contribution in [0.3, 0.4) is 0 Å². The van der Waals surface area contributed by atoms with E-state index in [1.807, 2.05) is 19.0 Å². The lowest BCUT2D eigenvalue weighted by atomic mass is 10.2. The molecular formula is C14H22N4O3. The molecule has 0 saturated heterocycles. The number of ether oxygens (including phenoxy) is 1. The first-order valence-corrected chi connectivity index (χ1v) is 6.60. The molecule has 1 aromatic carbocycles. The van der Waals surface area contributed by atoms with Gasteiger partial charge in [0.1, 0.15) is 5.75 Å². The Morgan fingerprint density at radius 2 is 2.05 bits per heavy atom. The van der Waals surface area contributed by atoms with Crippen LogP contribution >= 0.6 is 0 Å². The maximum atomic E-state index is 12.0. The molecule has 0 radical (unpaired) electrons. The van der Waals surface area contributed by atoms with Gasteiger partial charge in [-0.15, -0.1) is 0 Å². The van der Waals surface area contributed by atoms with Crippen LogP contribution in [0.5, 0.6) is 5.75 Å². The van der Waals surface area contributed by atoms with Crippen molar-refractivity contribution in [1.82, 2.24) is 15.5 Å². The Kier molecular flexibility index (Phi) is 6.48. The van der Waals surface area contributed by atoms with E-state index < -0.39 is 0 Å². The van der Waals surface area contributed by atoms with Crippen LogP contribution in [-0.4, -0.2) is 57.6 Å². The number of hydrogen-bond acceptors (Lipinski definition) is 5. The summed E-state index contributed by atoms with van der Waals surface area (Å²) in [6.45, 7) is 1.15. The lowest BCUT2D eigenvalue weighted by Crippen LogP contribution is -2.31. The smallest absolute Gasteiger partial charge is 0.257 e. The molecule has 7 heteroatoms. The molecule has 0 aromatic heterocycles. The van der Waals surface area contributed by atoms with Gasteiger partial charge < -0.3 is 26.0 Å². The molecule has 0 aliphatic heterocycles. The van der Waals surface area contributed by atoms with Crippen LogP contribution in [0.25, 0.3) is 0 Å². The molecule has 0 atom stereocenters. The highest BCUT2D eigenvalue weighted by molar-refractivity contribution is 5.95. The van der Waals surface area contributed by atoms with E-state index in [2.05, 4.69) is 10.6 Å². The molecule has 116 valence electrons. The van der Waals surface area contributed by atoms with Crippen molar-refractivity contribution in [3.05, 3.63) is 23.8 Å². The number of nitrogens with one attached hydrogen (secondary N) is 2. The minimum atomic E-state index is -0.268. The van der Waals surface area contributed by atoms with E-state index in [0.717, 1.165) is 6.54 Å². The zero-order chi connectivity index (χ0) is 15.8. The van der Waals surface area contributed by atoms with Gasteiger partial charge >= 0.3 is 0 Å². The zero-order valence-electron chi connectivity index (χ0n) is 12.6. The molecule has 7 nitrogen and oxygen atoms in total. The van der Waals surface area contributed by atoms with Gasteiger partial charge in [-0.2, -0.15) is 0 Å². The van der Waals surface area contributed by atoms with Crippen LogP contribution in [0, 0.1) is 0 Å². The number of hydrogen-bond donors (Lipinski definition) is 3. The van der Waals surface area contributed by atoms with E-state index in [0.29, 0.717) is 23.5 Å². The van der Waals surface area contributed by atoms with E-state index in [4.69, 9.17) is 10.5 Å². The highest BCUT2D eigenvalue weighted by Crippen LogP contribution is 2.22. The highest BCUT2D eigenvalue weighted by Gasteiger charge is 2.10. The maximum Gasteiger partial charge on any atom is 0.257 e. The van der Waals surface area contributed by atoms with E-state index in [1.165, 1.54) is 13.1 Å². The number of nitrogens with zero attached hydrogens (tertiary/aromatic N) is 1. The van der Waals surface area contributed by atoms with Crippen molar-refractivity contribution in [3.8, 4) is 5.75 Å². The molecule has 4 N–H and O–H groups in total. The van der Waals surface area contributed by atoms with Crippen molar-refractivity contribution >= 4 is 17.5 Å². The number of anilines is 1. The van der Waals surface area contributed by atoms with Crippen molar-refractivity contribution in [2.75, 3.05) is 46.6 Å². The molecule has 0 aliphatic rings. The number of amides is 2. The lowest BCUT2D eigenvalue weighted by molar-refractivity contribution is -0.122. The number of carbonyl (C=O) groups excluding carboxylic acids is 2. The third kappa shape index (κ3) is 5.70. The van der Waals surface area contributed by atoms with E-state index in [-0.39, 0.29) is 18.4 Å². The summed E-state index contributed by atoms with van der Waals surface area (Å²) in [5, 5.41) is 5.24. The van der Waals surface area contributed by atoms with E-state index in [1.54, 1.807) is 12.1 Å². The summed E-state index contributed by atoms with van der Waals surface area (Å²) in [4.78, 5) is 25.1. The summed E-state index contributed by atoms with van der Waals surface area (Å²) in [5.41, 5.74) is 6.58. The summed E-state index contributed by atoms with van der Waals surface area (Å²) in [7, 11) is 5.38. The number of nitrogens with two attached hydrogens (primary N) is 1. The van der Waals surface area contributed by atoms with E-state index >= 15 is 0 Å². The highest BCUT2D eigenvalue weighted by atomic mass is 16.5. The van der Waals surface area contributed by atoms with Gasteiger partial charge in [-0.1, -0.05) is 0 Å². The summed E-state index contributed by atoms with van der Waals surface area (Å²) in [6, 6.07) is 4.73. The Bertz CT molecular complexity index is 503. The van der Waals surface area contributed by atoms with Crippen molar-refractivity contribution in [1.29, 1.82) is 0 Å². The Labute approximate surface area is 124 Å². The maximum absolute atomic E-state index is 12.0. The number of rotatable bonds is 7. The number of carbonyl (C=O) groups is 2. The fourth-order valence-electron chi connectivity index (χ4n) is 1.51. The predicted octanol–water partition coefficient (Wildman–Crippen LogP) is -0.315. The van der Waals surface area contributed by atoms with Crippen molar-refractivity contribution in [2.45, 2.75) is 0 Å². The summed E-state index contributed by atoms with van der Waals surface area (Å²) >= 11 is 0. The van der Waals surface area contributed by atoms with Gasteiger partial charge in [-0.3, -0.25) is 9.59 Å². The molecular weight excluding hydrogens is 272 g/mol. The first-order valence-electron chi connectivity index (χ1n) is 6.60. The van der Waals surface area contributed by atoms with Crippen LogP contribution in [0.2, 0.25) is 0 Å². The molecule has 0 heterocycles. The van der Waals surface area contributed by atoms with Crippen LogP contribution < -0.4 is 21.1 Å². The standard InChI is InChI=1S/C14H22N4O3/c1-16-13(19)9-21-12-8-10(4-5-11(12)15)14(20)17-6-7-18(2)3/h4-5,8H,6-7,9,15H2,1-3H3,(H,16,19)(H,17,20). The second-order valence-electron chi connectivity index (χ2n) is 4.77. The summed E-state index contributed by atoms with van der Waals surface area (Å²) < 4.78 is 5.30. The Morgan fingerprint density at radius 3 is 2.67 bits per heavy atom. The number of nitrogen functional groups attached to an aromatic ring is 1. The molecule has 1 aromatic rings. The van der Waals surface area contributed by atoms with Crippen LogP contribution in [0.4, 0.5) is 5.69 Å². The van der Waals surface area contributed by atoms with Crippen LogP contribution in [-0.2, 0) is 4.79 Å². The van der Waals surface area contributed by atoms with Crippen molar-refractivity contribution in [3.63, 3.8) is 0 Å². The van der Waals surface area contributed by atoms with Gasteiger partial charge in [0.05, 0.1) is 5.69 Å². The Morgan fingerprint density at radius 1 is 1.33 bits per heavy atom. The average Bonchev–Trinajstić information content (AvgIpc) is 2.45. The third-order valence-corrected chi connectivity index (χ3v) is 2.76. The topological polar surface area (TPSA) is 96.7 Å². The van der Waals surface area contributed by atoms with Crippen molar-refractivity contribution in [2.24, 2.45) is 0 Å². The van der Waals surface area contributed by atoms with Gasteiger partial charge in [-0.05, 0) is 32.3 Å². The van der Waals surface area contributed by atoms with Gasteiger partial charge in [-0.25, -0.2) is 0 Å². The molecule has 0 aliphatic carbocycles. The quantitative estimate of drug-likeness (QED) is 0.599. The minimum Gasteiger partial charge on any atom is -0.482 e. The molecule has 0 fully saturated rings. The SMILES string of the molecule is CNC(=O)COc1cc(C(=O)NCCN(C)C)ccc1N. The molecule has 1 rings (SSSR count). The fourth-order valence-corrected chi connectivity index (χ4v) is 1.51. The third-order valence-electron chi connectivity index (χ3n) is 2.76. The second kappa shape index (κ2) is 8.11. The monoisotopic (exact) mass is 294 g/mol. The summed E-state index contributed by atoms with van der Waals surface area (Å²) in [6.07, 6.45) is 0. The molecule has 0 spiro atoms. The molecule has 21 heavy (non-hydrogen) atoms. The summed E-state index contributed by atoms with van der Waals surface area (Å²) in [5.74, 6) is -0.157. The first kappa shape index (κ1) is 16.8. The molecule has 2 amide bonds. The second-order valence-corrected chi connectivity index (χ2v) is 4.77. The normalized spacial score (nSPS) is 10.3. The van der Waals surface area contributed by atoms with Gasteiger partial charge in [0.25, 0.3) is 11.8 Å². The van der Waals surface area contributed by atoms with Gasteiger partial charge in [0.15, 0.2) is 6.61 Å². The lowest BCUT2D eigenvalue weighted by Gasteiger charge is -2.12.